The first-order chi connectivity index (χ1) is 20.0. The number of ether oxygens (including phenoxy) is 1. The Kier molecular flexibility index (Phi) is 7.02. The highest BCUT2D eigenvalue weighted by Crippen LogP contribution is 2.44. The molecule has 7 rings (SSSR count). The fourth-order valence-corrected chi connectivity index (χ4v) is 7.45. The van der Waals surface area contributed by atoms with E-state index in [-0.39, 0.29) is 23.7 Å². The summed E-state index contributed by atoms with van der Waals surface area (Å²) in [7, 11) is 0. The first kappa shape index (κ1) is 26.6. The van der Waals surface area contributed by atoms with E-state index >= 15 is 4.39 Å². The molecule has 1 aromatic carbocycles. The third kappa shape index (κ3) is 4.82. The van der Waals surface area contributed by atoms with Crippen molar-refractivity contribution in [2.45, 2.75) is 63.5 Å². The third-order valence-corrected chi connectivity index (χ3v) is 9.72. The molecule has 218 valence electrons. The predicted molar refractivity (Wildman–Crippen MR) is 153 cm³/mol. The van der Waals surface area contributed by atoms with Crippen molar-refractivity contribution in [3.8, 4) is 0 Å². The van der Waals surface area contributed by atoms with Crippen LogP contribution in [-0.4, -0.2) is 84.7 Å². The van der Waals surface area contributed by atoms with Gasteiger partial charge in [0.25, 0.3) is 0 Å². The Morgan fingerprint density at radius 3 is 2.51 bits per heavy atom. The molecular weight excluding hydrogens is 525 g/mol. The second-order valence-electron chi connectivity index (χ2n) is 12.1. The number of halogens is 1. The summed E-state index contributed by atoms with van der Waals surface area (Å²) >= 11 is 0. The lowest BCUT2D eigenvalue weighted by Crippen LogP contribution is -2.56. The number of morpholine rings is 1. The van der Waals surface area contributed by atoms with Crippen molar-refractivity contribution < 1.29 is 18.7 Å². The van der Waals surface area contributed by atoms with Gasteiger partial charge in [0.05, 0.1) is 18.9 Å². The van der Waals surface area contributed by atoms with E-state index in [4.69, 9.17) is 9.72 Å². The van der Waals surface area contributed by atoms with Crippen molar-refractivity contribution in [1.29, 1.82) is 0 Å². The molecule has 11 heteroatoms. The SMILES string of the molecule is O=C1NCCC12Cc1cnc(Nc3ccc(N4CCC(N5CCOCC5)CC4)c(F)c3)nc1N(C1CCCC1)C2=O. The molecule has 1 atom stereocenters. The number of fused-ring (bicyclic) bond motifs is 1. The Bertz CT molecular complexity index is 1320. The number of carbonyl (C=O) groups excluding carboxylic acids is 2. The molecule has 1 unspecified atom stereocenters. The quantitative estimate of drug-likeness (QED) is 0.536. The zero-order valence-electron chi connectivity index (χ0n) is 23.4. The van der Waals surface area contributed by atoms with Crippen molar-refractivity contribution in [3.05, 3.63) is 35.8 Å². The number of anilines is 4. The van der Waals surface area contributed by atoms with Gasteiger partial charge in [0.1, 0.15) is 17.1 Å². The highest BCUT2D eigenvalue weighted by molar-refractivity contribution is 6.14. The number of rotatable bonds is 5. The maximum atomic E-state index is 15.3. The van der Waals surface area contributed by atoms with Gasteiger partial charge in [-0.15, -0.1) is 0 Å². The zero-order valence-corrected chi connectivity index (χ0v) is 23.4. The molecule has 0 radical (unpaired) electrons. The summed E-state index contributed by atoms with van der Waals surface area (Å²) < 4.78 is 20.8. The highest BCUT2D eigenvalue weighted by Gasteiger charge is 2.56. The number of aromatic nitrogens is 2. The smallest absolute Gasteiger partial charge is 0.244 e. The summed E-state index contributed by atoms with van der Waals surface area (Å²) in [6, 6.07) is 5.73. The standard InChI is InChI=1S/C30H38FN7O3/c31-24-17-21(5-6-25(24)37-11-7-22(8-12-37)36-13-15-41-16-14-36)34-29-33-19-20-18-30(9-10-32-27(30)39)28(40)38(26(20)35-29)23-3-1-2-4-23/h5-6,17,19,22-23H,1-4,7-16,18H2,(H,32,39)(H,33,34,35). The molecule has 1 saturated carbocycles. The summed E-state index contributed by atoms with van der Waals surface area (Å²) in [5, 5.41) is 6.02. The Balaban J connectivity index is 1.08. The Morgan fingerprint density at radius 2 is 1.80 bits per heavy atom. The van der Waals surface area contributed by atoms with Crippen LogP contribution >= 0.6 is 0 Å². The van der Waals surface area contributed by atoms with Crippen LogP contribution in [0.1, 0.15) is 50.5 Å². The lowest BCUT2D eigenvalue weighted by molar-refractivity contribution is -0.140. The predicted octanol–water partition coefficient (Wildman–Crippen LogP) is 3.00. The van der Waals surface area contributed by atoms with Crippen LogP contribution in [0.5, 0.6) is 0 Å². The van der Waals surface area contributed by atoms with E-state index in [2.05, 4.69) is 25.4 Å². The third-order valence-electron chi connectivity index (χ3n) is 9.72. The first-order valence-corrected chi connectivity index (χ1v) is 15.1. The molecule has 10 nitrogen and oxygen atoms in total. The van der Waals surface area contributed by atoms with Crippen LogP contribution in [0.3, 0.4) is 0 Å². The summed E-state index contributed by atoms with van der Waals surface area (Å²) in [5.74, 6) is 0.258. The van der Waals surface area contributed by atoms with E-state index in [9.17, 15) is 9.59 Å². The van der Waals surface area contributed by atoms with Crippen molar-refractivity contribution >= 4 is 35.0 Å². The summed E-state index contributed by atoms with van der Waals surface area (Å²) in [5.41, 5.74) is 0.904. The lowest BCUT2D eigenvalue weighted by Gasteiger charge is -2.41. The molecule has 1 spiro atoms. The molecule has 2 aromatic rings. The van der Waals surface area contributed by atoms with E-state index in [1.807, 2.05) is 12.1 Å². The molecule has 5 aliphatic rings. The fraction of sp³-hybridized carbons (Fsp3) is 0.600. The van der Waals surface area contributed by atoms with Crippen molar-refractivity contribution in [2.24, 2.45) is 5.41 Å². The van der Waals surface area contributed by atoms with Crippen LogP contribution in [0.4, 0.5) is 27.5 Å². The molecule has 1 aliphatic carbocycles. The lowest BCUT2D eigenvalue weighted by atomic mass is 9.76. The minimum absolute atomic E-state index is 0.0266. The van der Waals surface area contributed by atoms with Gasteiger partial charge in [-0.05, 0) is 50.3 Å². The molecule has 2 N–H and O–H groups in total. The van der Waals surface area contributed by atoms with Gasteiger partial charge in [0.2, 0.25) is 17.8 Å². The second-order valence-corrected chi connectivity index (χ2v) is 12.1. The van der Waals surface area contributed by atoms with Crippen molar-refractivity contribution in [2.75, 3.05) is 61.1 Å². The Morgan fingerprint density at radius 1 is 1.02 bits per heavy atom. The monoisotopic (exact) mass is 563 g/mol. The van der Waals surface area contributed by atoms with Crippen LogP contribution < -0.4 is 20.4 Å². The van der Waals surface area contributed by atoms with E-state index < -0.39 is 5.41 Å². The van der Waals surface area contributed by atoms with E-state index in [0.29, 0.717) is 48.6 Å². The van der Waals surface area contributed by atoms with E-state index in [0.717, 1.165) is 83.5 Å². The second kappa shape index (κ2) is 10.8. The molecule has 3 saturated heterocycles. The largest absolute Gasteiger partial charge is 0.379 e. The first-order valence-electron chi connectivity index (χ1n) is 15.1. The van der Waals surface area contributed by atoms with Crippen LogP contribution in [0, 0.1) is 11.2 Å². The van der Waals surface area contributed by atoms with E-state index in [1.54, 1.807) is 11.1 Å². The number of piperidine rings is 1. The van der Waals surface area contributed by atoms with Crippen LogP contribution in [-0.2, 0) is 20.7 Å². The number of amides is 2. The van der Waals surface area contributed by atoms with Gasteiger partial charge in [0.15, 0.2) is 0 Å². The maximum Gasteiger partial charge on any atom is 0.244 e. The van der Waals surface area contributed by atoms with Gasteiger partial charge in [-0.2, -0.15) is 4.98 Å². The number of hydrogen-bond donors (Lipinski definition) is 2. The van der Waals surface area contributed by atoms with Crippen LogP contribution in [0.2, 0.25) is 0 Å². The molecular formula is C30H38FN7O3. The molecule has 5 heterocycles. The van der Waals surface area contributed by atoms with Gasteiger partial charge in [-0.25, -0.2) is 9.37 Å². The van der Waals surface area contributed by atoms with Crippen LogP contribution in [0.15, 0.2) is 24.4 Å². The normalized spacial score (nSPS) is 26.1. The average molecular weight is 564 g/mol. The number of nitrogens with one attached hydrogen (secondary N) is 2. The average Bonchev–Trinajstić information content (AvgIpc) is 3.65. The molecule has 4 aliphatic heterocycles. The summed E-state index contributed by atoms with van der Waals surface area (Å²) in [6.45, 7) is 5.70. The minimum atomic E-state index is -1.07. The summed E-state index contributed by atoms with van der Waals surface area (Å²) in [4.78, 5) is 42.4. The molecule has 4 fully saturated rings. The zero-order chi connectivity index (χ0) is 28.0. The van der Waals surface area contributed by atoms with Crippen molar-refractivity contribution in [1.82, 2.24) is 20.2 Å². The number of hydrogen-bond acceptors (Lipinski definition) is 8. The topological polar surface area (TPSA) is 103 Å². The molecule has 0 bridgehead atoms. The van der Waals surface area contributed by atoms with Gasteiger partial charge in [-0.3, -0.25) is 19.4 Å². The summed E-state index contributed by atoms with van der Waals surface area (Å²) in [6.07, 6.45) is 8.44. The number of nitrogens with zero attached hydrogens (tertiary/aromatic N) is 5. The van der Waals surface area contributed by atoms with Gasteiger partial charge >= 0.3 is 0 Å². The van der Waals surface area contributed by atoms with Gasteiger partial charge in [0, 0.05) is 68.7 Å². The molecule has 2 amide bonds. The number of benzene rings is 1. The molecule has 41 heavy (non-hydrogen) atoms. The number of carbonyl (C=O) groups is 2. The minimum Gasteiger partial charge on any atom is -0.379 e. The van der Waals surface area contributed by atoms with Gasteiger partial charge < -0.3 is 20.3 Å². The molecule has 1 aromatic heterocycles. The van der Waals surface area contributed by atoms with Crippen LogP contribution in [0.25, 0.3) is 0 Å². The maximum absolute atomic E-state index is 15.3. The highest BCUT2D eigenvalue weighted by atomic mass is 19.1. The van der Waals surface area contributed by atoms with Gasteiger partial charge in [-0.1, -0.05) is 12.8 Å². The fourth-order valence-electron chi connectivity index (χ4n) is 7.45. The Labute approximate surface area is 239 Å². The van der Waals surface area contributed by atoms with E-state index in [1.165, 1.54) is 6.07 Å². The Hall–Kier alpha value is -3.31. The van der Waals surface area contributed by atoms with Crippen molar-refractivity contribution in [3.63, 3.8) is 0 Å².